The van der Waals surface area contributed by atoms with Crippen molar-refractivity contribution in [2.75, 3.05) is 31.1 Å². The van der Waals surface area contributed by atoms with Gasteiger partial charge in [0.1, 0.15) is 17.1 Å². The Kier molecular flexibility index (Phi) is 6.06. The highest BCUT2D eigenvalue weighted by Gasteiger charge is 2.54. The molecule has 13 nitrogen and oxygen atoms in total. The molecule has 0 saturated carbocycles. The van der Waals surface area contributed by atoms with Crippen LogP contribution < -0.4 is 16.4 Å². The fraction of sp³-hybridized carbons (Fsp3) is 0.450. The molecule has 3 fully saturated rings. The summed E-state index contributed by atoms with van der Waals surface area (Å²) in [4.78, 5) is 57.1. The standard InChI is InChI=1S/C20H22N8O5S2/c21-11(14-25-20(22)35-26-14)15(29)24-12-17(31)28-13(19(32)33)9(7-34-18(12)28)5-8-2-4-27(16(8)30)10-1-3-23-6-10/h5,10,12,18,21,23H,1-4,6-7H2,(H,24,29)(H,32,33)(H2,22,25,26)/b8-5+,21-11?/t10?,12-,18-/m1/s1. The summed E-state index contributed by atoms with van der Waals surface area (Å²) in [5, 5.41) is 23.0. The smallest absolute Gasteiger partial charge is 0.352 e. The van der Waals surface area contributed by atoms with E-state index in [1.807, 2.05) is 4.90 Å². The minimum Gasteiger partial charge on any atom is -0.477 e. The fourth-order valence-electron chi connectivity index (χ4n) is 4.64. The summed E-state index contributed by atoms with van der Waals surface area (Å²) < 4.78 is 3.81. The number of anilines is 1. The third-order valence-corrected chi connectivity index (χ3v) is 8.21. The molecule has 0 radical (unpaired) electrons. The SMILES string of the molecule is N=C(C(=O)N[C@@H]1C(=O)N2C(C(=O)O)=C(/C=C3\CCN(C4CCNC4)C3=O)CS[C@H]12)c1nsc(N)n1. The van der Waals surface area contributed by atoms with E-state index in [9.17, 15) is 24.3 Å². The van der Waals surface area contributed by atoms with E-state index in [2.05, 4.69) is 20.0 Å². The summed E-state index contributed by atoms with van der Waals surface area (Å²) in [5.74, 6) is -2.72. The van der Waals surface area contributed by atoms with Crippen LogP contribution in [0.25, 0.3) is 0 Å². The van der Waals surface area contributed by atoms with Gasteiger partial charge in [0.05, 0.1) is 0 Å². The van der Waals surface area contributed by atoms with Gasteiger partial charge in [-0.05, 0) is 31.0 Å². The number of nitrogens with two attached hydrogens (primary N) is 1. The van der Waals surface area contributed by atoms with Gasteiger partial charge in [-0.25, -0.2) is 4.79 Å². The van der Waals surface area contributed by atoms with E-state index in [4.69, 9.17) is 11.1 Å². The van der Waals surface area contributed by atoms with Crippen molar-refractivity contribution in [1.29, 1.82) is 5.41 Å². The number of aromatic nitrogens is 2. The molecular formula is C20H22N8O5S2. The van der Waals surface area contributed by atoms with Crippen LogP contribution in [0.3, 0.4) is 0 Å². The van der Waals surface area contributed by atoms with E-state index in [0.29, 0.717) is 24.1 Å². The molecule has 0 bridgehead atoms. The Morgan fingerprint density at radius 3 is 2.80 bits per heavy atom. The number of carboxylic acids is 1. The van der Waals surface area contributed by atoms with Crippen molar-refractivity contribution in [2.24, 2.45) is 0 Å². The van der Waals surface area contributed by atoms with E-state index in [1.54, 1.807) is 6.08 Å². The van der Waals surface area contributed by atoms with E-state index in [-0.39, 0.29) is 34.4 Å². The number of fused-ring (bicyclic) bond motifs is 1. The Balaban J connectivity index is 1.32. The van der Waals surface area contributed by atoms with Crippen LogP contribution in [-0.4, -0.2) is 96.5 Å². The molecule has 1 aromatic heterocycles. The number of carbonyl (C=O) groups is 4. The van der Waals surface area contributed by atoms with Crippen molar-refractivity contribution < 1.29 is 24.3 Å². The van der Waals surface area contributed by atoms with Gasteiger partial charge in [0.25, 0.3) is 11.8 Å². The predicted molar refractivity (Wildman–Crippen MR) is 127 cm³/mol. The molecule has 184 valence electrons. The number of carboxylic acid groups (broad SMARTS) is 1. The number of rotatable bonds is 6. The van der Waals surface area contributed by atoms with Gasteiger partial charge in [-0.15, -0.1) is 11.8 Å². The van der Waals surface area contributed by atoms with Crippen LogP contribution in [-0.2, 0) is 19.2 Å². The van der Waals surface area contributed by atoms with Gasteiger partial charge in [-0.1, -0.05) is 0 Å². The number of carbonyl (C=O) groups excluding carboxylic acids is 3. The Bertz CT molecular complexity index is 1200. The molecule has 0 spiro atoms. The van der Waals surface area contributed by atoms with Crippen LogP contribution in [0.4, 0.5) is 5.13 Å². The van der Waals surface area contributed by atoms with Gasteiger partial charge in [-0.2, -0.15) is 9.36 Å². The van der Waals surface area contributed by atoms with Gasteiger partial charge in [0.15, 0.2) is 16.7 Å². The van der Waals surface area contributed by atoms with Crippen LogP contribution >= 0.6 is 23.3 Å². The van der Waals surface area contributed by atoms with Crippen molar-refractivity contribution in [3.63, 3.8) is 0 Å². The average molecular weight is 519 g/mol. The average Bonchev–Trinajstić information content (AvgIpc) is 3.58. The second-order valence-electron chi connectivity index (χ2n) is 8.44. The van der Waals surface area contributed by atoms with Crippen LogP contribution in [0, 0.1) is 5.41 Å². The Labute approximate surface area is 207 Å². The molecule has 3 saturated heterocycles. The van der Waals surface area contributed by atoms with Crippen LogP contribution in [0.5, 0.6) is 0 Å². The number of aliphatic carboxylic acids is 1. The lowest BCUT2D eigenvalue weighted by molar-refractivity contribution is -0.150. The minimum absolute atomic E-state index is 0.0991. The van der Waals surface area contributed by atoms with Gasteiger partial charge in [0, 0.05) is 42.0 Å². The number of allylic oxidation sites excluding steroid dienone is 1. The van der Waals surface area contributed by atoms with Gasteiger partial charge in [-0.3, -0.25) is 24.7 Å². The molecule has 3 amide bonds. The molecular weight excluding hydrogens is 496 g/mol. The van der Waals surface area contributed by atoms with Crippen LogP contribution in [0.15, 0.2) is 22.9 Å². The molecule has 0 aromatic carbocycles. The normalized spacial score (nSPS) is 27.3. The molecule has 15 heteroatoms. The number of hydrogen-bond acceptors (Lipinski definition) is 11. The van der Waals surface area contributed by atoms with E-state index < -0.39 is 34.9 Å². The molecule has 0 aliphatic carbocycles. The Hall–Kier alpha value is -3.30. The molecule has 1 aromatic rings. The van der Waals surface area contributed by atoms with Gasteiger partial charge >= 0.3 is 5.97 Å². The molecule has 4 aliphatic heterocycles. The number of nitrogens with one attached hydrogen (secondary N) is 3. The van der Waals surface area contributed by atoms with E-state index in [1.165, 1.54) is 11.8 Å². The van der Waals surface area contributed by atoms with Crippen LogP contribution in [0.1, 0.15) is 18.7 Å². The first-order valence-corrected chi connectivity index (χ1v) is 12.7. The van der Waals surface area contributed by atoms with Crippen molar-refractivity contribution in [1.82, 2.24) is 29.8 Å². The number of amides is 3. The Morgan fingerprint density at radius 1 is 1.34 bits per heavy atom. The quantitative estimate of drug-likeness (QED) is 0.172. The lowest BCUT2D eigenvalue weighted by Crippen LogP contribution is -2.71. The molecule has 5 rings (SSSR count). The first-order valence-electron chi connectivity index (χ1n) is 10.9. The highest BCUT2D eigenvalue weighted by Crippen LogP contribution is 2.41. The second-order valence-corrected chi connectivity index (χ2v) is 10.3. The zero-order valence-electron chi connectivity index (χ0n) is 18.3. The highest BCUT2D eigenvalue weighted by atomic mass is 32.2. The predicted octanol–water partition coefficient (Wildman–Crippen LogP) is -1.25. The summed E-state index contributed by atoms with van der Waals surface area (Å²) in [6.07, 6.45) is 3.01. The summed E-state index contributed by atoms with van der Waals surface area (Å²) >= 11 is 2.13. The molecule has 6 N–H and O–H groups in total. The summed E-state index contributed by atoms with van der Waals surface area (Å²) in [5.41, 5.74) is 5.69. The summed E-state index contributed by atoms with van der Waals surface area (Å²) in [6.45, 7) is 2.20. The third-order valence-electron chi connectivity index (χ3n) is 6.36. The lowest BCUT2D eigenvalue weighted by Gasteiger charge is -2.49. The zero-order valence-corrected chi connectivity index (χ0v) is 19.9. The maximum atomic E-state index is 12.9. The van der Waals surface area contributed by atoms with Crippen molar-refractivity contribution in [2.45, 2.75) is 30.3 Å². The second kappa shape index (κ2) is 9.05. The van der Waals surface area contributed by atoms with E-state index in [0.717, 1.165) is 35.9 Å². The number of hydrogen-bond donors (Lipinski definition) is 5. The highest BCUT2D eigenvalue weighted by molar-refractivity contribution is 8.00. The van der Waals surface area contributed by atoms with Crippen molar-refractivity contribution in [3.05, 3.63) is 28.7 Å². The molecule has 35 heavy (non-hydrogen) atoms. The topological polar surface area (TPSA) is 195 Å². The largest absolute Gasteiger partial charge is 0.477 e. The van der Waals surface area contributed by atoms with Crippen LogP contribution in [0.2, 0.25) is 0 Å². The minimum atomic E-state index is -1.28. The van der Waals surface area contributed by atoms with Crippen molar-refractivity contribution in [3.8, 4) is 0 Å². The first kappa shape index (κ1) is 23.4. The number of likely N-dealkylation sites (tertiary alicyclic amines) is 1. The number of β-lactam (4-membered cyclic amide) rings is 1. The first-order chi connectivity index (χ1) is 16.8. The molecule has 1 unspecified atom stereocenters. The number of nitrogen functional groups attached to an aromatic ring is 1. The van der Waals surface area contributed by atoms with Crippen molar-refractivity contribution >= 4 is 57.8 Å². The zero-order chi connectivity index (χ0) is 24.9. The van der Waals surface area contributed by atoms with Gasteiger partial charge in [0.2, 0.25) is 5.91 Å². The monoisotopic (exact) mass is 518 g/mol. The molecule has 5 heterocycles. The maximum absolute atomic E-state index is 12.9. The molecule has 4 aliphatic rings. The van der Waals surface area contributed by atoms with Gasteiger partial charge < -0.3 is 26.4 Å². The summed E-state index contributed by atoms with van der Waals surface area (Å²) in [6, 6.07) is -0.853. The molecule has 3 atom stereocenters. The fourth-order valence-corrected chi connectivity index (χ4v) is 6.38. The Morgan fingerprint density at radius 2 is 2.14 bits per heavy atom. The summed E-state index contributed by atoms with van der Waals surface area (Å²) in [7, 11) is 0. The van der Waals surface area contributed by atoms with E-state index >= 15 is 0 Å². The number of nitrogens with zero attached hydrogens (tertiary/aromatic N) is 4. The lowest BCUT2D eigenvalue weighted by atomic mass is 10.0. The number of thioether (sulfide) groups is 1. The maximum Gasteiger partial charge on any atom is 0.352 e. The third kappa shape index (κ3) is 4.08.